The molecule has 0 aliphatic heterocycles. The lowest BCUT2D eigenvalue weighted by molar-refractivity contribution is 1.07. The minimum atomic E-state index is 0.759. The van der Waals surface area contributed by atoms with Crippen molar-refractivity contribution in [3.63, 3.8) is 0 Å². The molecule has 0 N–H and O–H groups in total. The molecule has 0 heterocycles. The van der Waals surface area contributed by atoms with E-state index in [2.05, 4.69) is 19.1 Å². The van der Waals surface area contributed by atoms with E-state index >= 15 is 0 Å². The SMILES string of the molecule is CCc1[c]c(CC)c(C#N)cc1. The molecule has 0 unspecified atom stereocenters. The van der Waals surface area contributed by atoms with Crippen LogP contribution in [0.15, 0.2) is 12.1 Å². The van der Waals surface area contributed by atoms with Gasteiger partial charge in [0.25, 0.3) is 0 Å². The number of hydrogen-bond acceptors (Lipinski definition) is 1. The Hall–Kier alpha value is -1.29. The second kappa shape index (κ2) is 3.92. The van der Waals surface area contributed by atoms with Crippen LogP contribution in [0.25, 0.3) is 0 Å². The van der Waals surface area contributed by atoms with Crippen LogP contribution < -0.4 is 0 Å². The minimum Gasteiger partial charge on any atom is -0.192 e. The first-order valence-corrected chi connectivity index (χ1v) is 4.26. The van der Waals surface area contributed by atoms with E-state index in [1.807, 2.05) is 19.1 Å². The van der Waals surface area contributed by atoms with Crippen LogP contribution in [-0.4, -0.2) is 0 Å². The van der Waals surface area contributed by atoms with Crippen molar-refractivity contribution >= 4 is 0 Å². The van der Waals surface area contributed by atoms with Crippen molar-refractivity contribution in [2.75, 3.05) is 0 Å². The summed E-state index contributed by atoms with van der Waals surface area (Å²) in [6, 6.07) is 9.26. The number of rotatable bonds is 2. The van der Waals surface area contributed by atoms with Gasteiger partial charge in [0.15, 0.2) is 0 Å². The molecule has 1 nitrogen and oxygen atoms in total. The second-order valence-electron chi connectivity index (χ2n) is 2.69. The Kier molecular flexibility index (Phi) is 2.88. The van der Waals surface area contributed by atoms with Crippen molar-refractivity contribution in [2.24, 2.45) is 0 Å². The van der Waals surface area contributed by atoms with E-state index in [-0.39, 0.29) is 0 Å². The summed E-state index contributed by atoms with van der Waals surface area (Å²) in [5, 5.41) is 8.74. The Bertz CT molecular complexity index is 307. The highest BCUT2D eigenvalue weighted by Gasteiger charge is 2.00. The van der Waals surface area contributed by atoms with Crippen LogP contribution in [0.3, 0.4) is 0 Å². The highest BCUT2D eigenvalue weighted by molar-refractivity contribution is 5.39. The number of aryl methyl sites for hydroxylation is 2. The zero-order chi connectivity index (χ0) is 8.97. The van der Waals surface area contributed by atoms with Gasteiger partial charge in [0.1, 0.15) is 0 Å². The van der Waals surface area contributed by atoms with E-state index in [9.17, 15) is 0 Å². The van der Waals surface area contributed by atoms with Gasteiger partial charge in [-0.2, -0.15) is 5.26 Å². The van der Waals surface area contributed by atoms with Gasteiger partial charge >= 0.3 is 0 Å². The maximum atomic E-state index is 8.74. The van der Waals surface area contributed by atoms with Crippen LogP contribution in [0.5, 0.6) is 0 Å². The third-order valence-electron chi connectivity index (χ3n) is 1.94. The van der Waals surface area contributed by atoms with Gasteiger partial charge in [0.2, 0.25) is 0 Å². The molecule has 0 aliphatic rings. The van der Waals surface area contributed by atoms with Crippen molar-refractivity contribution in [2.45, 2.75) is 26.7 Å². The molecule has 0 spiro atoms. The summed E-state index contributed by atoms with van der Waals surface area (Å²) in [5.74, 6) is 0. The zero-order valence-corrected chi connectivity index (χ0v) is 7.52. The van der Waals surface area contributed by atoms with Gasteiger partial charge < -0.3 is 0 Å². The van der Waals surface area contributed by atoms with Gasteiger partial charge in [0.05, 0.1) is 11.6 Å². The summed E-state index contributed by atoms with van der Waals surface area (Å²) in [7, 11) is 0. The summed E-state index contributed by atoms with van der Waals surface area (Å²) in [4.78, 5) is 0. The quantitative estimate of drug-likeness (QED) is 0.648. The standard InChI is InChI=1S/C11H12N/c1-3-9-5-6-11(8-12)10(4-2)7-9/h5-6H,3-4H2,1-2H3. The fourth-order valence-electron chi connectivity index (χ4n) is 1.18. The molecular weight excluding hydrogens is 146 g/mol. The molecule has 1 aromatic carbocycles. The summed E-state index contributed by atoms with van der Waals surface area (Å²) >= 11 is 0. The molecule has 0 saturated carbocycles. The molecule has 1 heteroatoms. The lowest BCUT2D eigenvalue weighted by atomic mass is 10.0. The van der Waals surface area contributed by atoms with E-state index in [1.165, 1.54) is 5.56 Å². The normalized spacial score (nSPS) is 9.42. The molecule has 1 radical (unpaired) electrons. The highest BCUT2D eigenvalue weighted by atomic mass is 14.2. The van der Waals surface area contributed by atoms with Crippen LogP contribution in [0.2, 0.25) is 0 Å². The highest BCUT2D eigenvalue weighted by Crippen LogP contribution is 2.11. The predicted octanol–water partition coefficient (Wildman–Crippen LogP) is 2.48. The number of nitriles is 1. The van der Waals surface area contributed by atoms with Crippen molar-refractivity contribution < 1.29 is 0 Å². The number of nitrogens with zero attached hydrogens (tertiary/aromatic N) is 1. The maximum Gasteiger partial charge on any atom is 0.0994 e. The first-order valence-electron chi connectivity index (χ1n) is 4.26. The molecule has 12 heavy (non-hydrogen) atoms. The first kappa shape index (κ1) is 8.80. The molecule has 1 rings (SSSR count). The Labute approximate surface area is 73.6 Å². The lowest BCUT2D eigenvalue weighted by Gasteiger charge is -2.01. The Morgan fingerprint density at radius 1 is 1.33 bits per heavy atom. The van der Waals surface area contributed by atoms with Gasteiger partial charge in [-0.3, -0.25) is 0 Å². The fraction of sp³-hybridized carbons (Fsp3) is 0.364. The summed E-state index contributed by atoms with van der Waals surface area (Å²) in [6.07, 6.45) is 1.87. The number of benzene rings is 1. The van der Waals surface area contributed by atoms with Gasteiger partial charge in [0, 0.05) is 0 Å². The Balaban J connectivity index is 3.13. The third kappa shape index (κ3) is 1.65. The topological polar surface area (TPSA) is 23.8 Å². The average molecular weight is 158 g/mol. The van der Waals surface area contributed by atoms with Crippen molar-refractivity contribution in [3.05, 3.63) is 34.9 Å². The summed E-state index contributed by atoms with van der Waals surface area (Å²) < 4.78 is 0. The van der Waals surface area contributed by atoms with Crippen molar-refractivity contribution in [3.8, 4) is 6.07 Å². The van der Waals surface area contributed by atoms with Crippen molar-refractivity contribution in [1.29, 1.82) is 5.26 Å². The smallest absolute Gasteiger partial charge is 0.0994 e. The minimum absolute atomic E-state index is 0.759. The molecule has 61 valence electrons. The van der Waals surface area contributed by atoms with E-state index in [4.69, 9.17) is 5.26 Å². The zero-order valence-electron chi connectivity index (χ0n) is 7.52. The van der Waals surface area contributed by atoms with Gasteiger partial charge in [-0.05, 0) is 36.1 Å². The third-order valence-corrected chi connectivity index (χ3v) is 1.94. The molecule has 0 aliphatic carbocycles. The van der Waals surface area contributed by atoms with Gasteiger partial charge in [-0.25, -0.2) is 0 Å². The van der Waals surface area contributed by atoms with Gasteiger partial charge in [-0.1, -0.05) is 19.9 Å². The molecule has 0 aromatic heterocycles. The van der Waals surface area contributed by atoms with Gasteiger partial charge in [-0.15, -0.1) is 0 Å². The summed E-state index contributed by atoms with van der Waals surface area (Å²) in [5.41, 5.74) is 2.98. The lowest BCUT2D eigenvalue weighted by Crippen LogP contribution is -1.90. The van der Waals surface area contributed by atoms with Crippen LogP contribution in [0.1, 0.15) is 30.5 Å². The Morgan fingerprint density at radius 2 is 2.08 bits per heavy atom. The van der Waals surface area contributed by atoms with Crippen molar-refractivity contribution in [1.82, 2.24) is 0 Å². The molecular formula is C11H12N. The second-order valence-corrected chi connectivity index (χ2v) is 2.69. The molecule has 0 atom stereocenters. The van der Waals surface area contributed by atoms with Crippen LogP contribution in [-0.2, 0) is 12.8 Å². The van der Waals surface area contributed by atoms with E-state index in [1.54, 1.807) is 0 Å². The largest absolute Gasteiger partial charge is 0.192 e. The van der Waals surface area contributed by atoms with E-state index in [0.717, 1.165) is 24.0 Å². The Morgan fingerprint density at radius 3 is 2.58 bits per heavy atom. The first-order chi connectivity index (χ1) is 5.81. The van der Waals surface area contributed by atoms with E-state index < -0.39 is 0 Å². The fourth-order valence-corrected chi connectivity index (χ4v) is 1.18. The maximum absolute atomic E-state index is 8.74. The molecule has 1 aromatic rings. The molecule has 0 saturated heterocycles. The van der Waals surface area contributed by atoms with Crippen LogP contribution >= 0.6 is 0 Å². The summed E-state index contributed by atoms with van der Waals surface area (Å²) in [6.45, 7) is 4.14. The number of hydrogen-bond donors (Lipinski definition) is 0. The predicted molar refractivity (Wildman–Crippen MR) is 48.7 cm³/mol. The monoisotopic (exact) mass is 158 g/mol. The van der Waals surface area contributed by atoms with Crippen LogP contribution in [0, 0.1) is 17.4 Å². The molecule has 0 fully saturated rings. The molecule has 0 bridgehead atoms. The van der Waals surface area contributed by atoms with Crippen LogP contribution in [0.4, 0.5) is 0 Å². The average Bonchev–Trinajstić information content (AvgIpc) is 2.16. The molecule has 0 amide bonds. The van der Waals surface area contributed by atoms with E-state index in [0.29, 0.717) is 0 Å².